The Balaban J connectivity index is 2.22. The predicted molar refractivity (Wildman–Crippen MR) is 71.9 cm³/mol. The number of carbonyl (C=O) groups is 1. The maximum Gasteiger partial charge on any atom is 0.255 e. The van der Waals surface area contributed by atoms with Crippen molar-refractivity contribution in [3.63, 3.8) is 0 Å². The highest BCUT2D eigenvalue weighted by Crippen LogP contribution is 2.24. The third kappa shape index (κ3) is 3.33. The number of nitrogens with one attached hydrogen (secondary N) is 1. The van der Waals surface area contributed by atoms with E-state index in [0.717, 1.165) is 0 Å². The van der Waals surface area contributed by atoms with Crippen molar-refractivity contribution in [3.05, 3.63) is 54.4 Å². The number of terminal acetylenes is 1. The van der Waals surface area contributed by atoms with E-state index in [4.69, 9.17) is 11.2 Å². The normalized spacial score (nSPS) is 9.42. The van der Waals surface area contributed by atoms with E-state index in [1.807, 2.05) is 0 Å². The molecule has 0 atom stereocenters. The molecule has 0 fully saturated rings. The zero-order valence-corrected chi connectivity index (χ0v) is 10.2. The van der Waals surface area contributed by atoms with Gasteiger partial charge in [-0.2, -0.15) is 0 Å². The lowest BCUT2D eigenvalue weighted by Crippen LogP contribution is -2.23. The highest BCUT2D eigenvalue weighted by Gasteiger charge is 2.11. The first-order valence-corrected chi connectivity index (χ1v) is 5.70. The summed E-state index contributed by atoms with van der Waals surface area (Å²) in [4.78, 5) is 15.9. The number of para-hydroxylation sites is 1. The third-order valence-corrected chi connectivity index (χ3v) is 2.34. The van der Waals surface area contributed by atoms with Gasteiger partial charge in [-0.25, -0.2) is 0 Å². The van der Waals surface area contributed by atoms with Crippen LogP contribution in [0, 0.1) is 12.3 Å². The molecule has 4 heteroatoms. The molecule has 0 radical (unpaired) electrons. The largest absolute Gasteiger partial charge is 0.455 e. The summed E-state index contributed by atoms with van der Waals surface area (Å²) >= 11 is 0. The molecule has 19 heavy (non-hydrogen) atoms. The van der Waals surface area contributed by atoms with Crippen LogP contribution < -0.4 is 10.1 Å². The second kappa shape index (κ2) is 6.22. The minimum absolute atomic E-state index is 0.181. The van der Waals surface area contributed by atoms with Gasteiger partial charge in [-0.3, -0.25) is 9.78 Å². The van der Waals surface area contributed by atoms with E-state index >= 15 is 0 Å². The van der Waals surface area contributed by atoms with Gasteiger partial charge in [-0.1, -0.05) is 18.1 Å². The lowest BCUT2D eigenvalue weighted by atomic mass is 10.2. The van der Waals surface area contributed by atoms with Crippen molar-refractivity contribution >= 4 is 5.91 Å². The number of hydrogen-bond donors (Lipinski definition) is 1. The molecule has 0 aliphatic heterocycles. The molecule has 94 valence electrons. The Bertz CT molecular complexity index is 603. The van der Waals surface area contributed by atoms with Gasteiger partial charge >= 0.3 is 0 Å². The molecule has 2 aromatic rings. The number of hydrogen-bond acceptors (Lipinski definition) is 3. The summed E-state index contributed by atoms with van der Waals surface area (Å²) in [6.07, 6.45) is 8.34. The molecule has 0 saturated heterocycles. The van der Waals surface area contributed by atoms with Crippen LogP contribution in [-0.4, -0.2) is 17.4 Å². The smallest absolute Gasteiger partial charge is 0.255 e. The Hall–Kier alpha value is -2.80. The van der Waals surface area contributed by atoms with Gasteiger partial charge in [0.2, 0.25) is 0 Å². The molecule has 0 aliphatic rings. The number of ether oxygens (including phenoxy) is 1. The average molecular weight is 252 g/mol. The Labute approximate surface area is 111 Å². The van der Waals surface area contributed by atoms with E-state index < -0.39 is 0 Å². The molecular formula is C15H12N2O2. The van der Waals surface area contributed by atoms with E-state index in [-0.39, 0.29) is 12.5 Å². The molecule has 4 nitrogen and oxygen atoms in total. The summed E-state index contributed by atoms with van der Waals surface area (Å²) in [7, 11) is 0. The summed E-state index contributed by atoms with van der Waals surface area (Å²) in [6.45, 7) is 0.181. The molecule has 0 unspecified atom stereocenters. The minimum atomic E-state index is -0.266. The third-order valence-electron chi connectivity index (χ3n) is 2.34. The maximum atomic E-state index is 11.9. The Morgan fingerprint density at radius 2 is 2.16 bits per heavy atom. The fourth-order valence-electron chi connectivity index (χ4n) is 1.50. The zero-order chi connectivity index (χ0) is 13.5. The van der Waals surface area contributed by atoms with Gasteiger partial charge in [-0.05, 0) is 24.3 Å². The van der Waals surface area contributed by atoms with Crippen molar-refractivity contribution in [3.8, 4) is 23.8 Å². The number of amides is 1. The molecule has 1 N–H and O–H groups in total. The lowest BCUT2D eigenvalue weighted by Gasteiger charge is -2.10. The number of rotatable bonds is 4. The SMILES string of the molecule is C#CCNC(=O)c1ccccc1Oc1cccnc1. The quantitative estimate of drug-likeness (QED) is 0.849. The van der Waals surface area contributed by atoms with E-state index in [1.54, 1.807) is 48.8 Å². The maximum absolute atomic E-state index is 11.9. The summed E-state index contributed by atoms with van der Waals surface area (Å²) < 4.78 is 5.64. The molecular weight excluding hydrogens is 240 g/mol. The zero-order valence-electron chi connectivity index (χ0n) is 10.2. The van der Waals surface area contributed by atoms with Gasteiger partial charge in [0.15, 0.2) is 0 Å². The van der Waals surface area contributed by atoms with Crippen LogP contribution >= 0.6 is 0 Å². The Morgan fingerprint density at radius 3 is 2.89 bits per heavy atom. The summed E-state index contributed by atoms with van der Waals surface area (Å²) in [5, 5.41) is 2.60. The van der Waals surface area contributed by atoms with Crippen molar-refractivity contribution in [1.29, 1.82) is 0 Å². The van der Waals surface area contributed by atoms with Crippen LogP contribution in [0.4, 0.5) is 0 Å². The monoisotopic (exact) mass is 252 g/mol. The first-order valence-electron chi connectivity index (χ1n) is 5.70. The summed E-state index contributed by atoms with van der Waals surface area (Å²) in [5.41, 5.74) is 0.432. The van der Waals surface area contributed by atoms with Gasteiger partial charge < -0.3 is 10.1 Å². The molecule has 0 bridgehead atoms. The molecule has 1 amide bonds. The van der Waals surface area contributed by atoms with Gasteiger partial charge in [0.25, 0.3) is 5.91 Å². The number of aromatic nitrogens is 1. The fourth-order valence-corrected chi connectivity index (χ4v) is 1.50. The van der Waals surface area contributed by atoms with Gasteiger partial charge in [0.05, 0.1) is 18.3 Å². The average Bonchev–Trinajstić information content (AvgIpc) is 2.46. The first-order chi connectivity index (χ1) is 9.31. The van der Waals surface area contributed by atoms with Crippen molar-refractivity contribution in [2.45, 2.75) is 0 Å². The lowest BCUT2D eigenvalue weighted by molar-refractivity contribution is 0.0956. The highest BCUT2D eigenvalue weighted by molar-refractivity contribution is 5.97. The Morgan fingerprint density at radius 1 is 1.32 bits per heavy atom. The van der Waals surface area contributed by atoms with Crippen molar-refractivity contribution in [2.75, 3.05) is 6.54 Å². The van der Waals surface area contributed by atoms with E-state index in [2.05, 4.69) is 16.2 Å². The first kappa shape index (κ1) is 12.7. The molecule has 0 spiro atoms. The van der Waals surface area contributed by atoms with Crippen LogP contribution in [0.5, 0.6) is 11.5 Å². The fraction of sp³-hybridized carbons (Fsp3) is 0.0667. The molecule has 0 aliphatic carbocycles. The van der Waals surface area contributed by atoms with Crippen LogP contribution in [0.2, 0.25) is 0 Å². The van der Waals surface area contributed by atoms with Crippen molar-refractivity contribution < 1.29 is 9.53 Å². The molecule has 1 heterocycles. The standard InChI is InChI=1S/C15H12N2O2/c1-2-9-17-15(18)13-7-3-4-8-14(13)19-12-6-5-10-16-11-12/h1,3-8,10-11H,9H2,(H,17,18). The number of nitrogens with zero attached hydrogens (tertiary/aromatic N) is 1. The number of pyridine rings is 1. The second-order valence-corrected chi connectivity index (χ2v) is 3.67. The topological polar surface area (TPSA) is 51.2 Å². The van der Waals surface area contributed by atoms with Crippen LogP contribution in [0.1, 0.15) is 10.4 Å². The highest BCUT2D eigenvalue weighted by atomic mass is 16.5. The minimum Gasteiger partial charge on any atom is -0.455 e. The summed E-state index contributed by atoms with van der Waals surface area (Å²) in [6, 6.07) is 10.5. The number of carbonyl (C=O) groups excluding carboxylic acids is 1. The number of benzene rings is 1. The molecule has 0 saturated carbocycles. The van der Waals surface area contributed by atoms with Gasteiger partial charge in [0, 0.05) is 6.20 Å². The molecule has 1 aromatic carbocycles. The van der Waals surface area contributed by atoms with E-state index in [1.165, 1.54) is 0 Å². The van der Waals surface area contributed by atoms with Gasteiger partial charge in [0.1, 0.15) is 11.5 Å². The van der Waals surface area contributed by atoms with Gasteiger partial charge in [-0.15, -0.1) is 6.42 Å². The van der Waals surface area contributed by atoms with Crippen LogP contribution in [0.25, 0.3) is 0 Å². The second-order valence-electron chi connectivity index (χ2n) is 3.67. The van der Waals surface area contributed by atoms with Crippen LogP contribution in [0.3, 0.4) is 0 Å². The Kier molecular flexibility index (Phi) is 4.14. The molecule has 1 aromatic heterocycles. The predicted octanol–water partition coefficient (Wildman–Crippen LogP) is 2.24. The van der Waals surface area contributed by atoms with E-state index in [9.17, 15) is 4.79 Å². The van der Waals surface area contributed by atoms with Crippen LogP contribution in [-0.2, 0) is 0 Å². The van der Waals surface area contributed by atoms with Crippen molar-refractivity contribution in [1.82, 2.24) is 10.3 Å². The van der Waals surface area contributed by atoms with Crippen molar-refractivity contribution in [2.24, 2.45) is 0 Å². The van der Waals surface area contributed by atoms with E-state index in [0.29, 0.717) is 17.1 Å². The molecule has 2 rings (SSSR count). The van der Waals surface area contributed by atoms with Crippen LogP contribution in [0.15, 0.2) is 48.8 Å². The summed E-state index contributed by atoms with van der Waals surface area (Å²) in [5.74, 6) is 3.12.